The summed E-state index contributed by atoms with van der Waals surface area (Å²) in [5, 5.41) is 9.10. The summed E-state index contributed by atoms with van der Waals surface area (Å²) in [4.78, 5) is 11.1. The highest BCUT2D eigenvalue weighted by molar-refractivity contribution is 5.78. The average Bonchev–Trinajstić information content (AvgIpc) is 2.30. The van der Waals surface area contributed by atoms with E-state index in [1.165, 1.54) is 7.11 Å². The van der Waals surface area contributed by atoms with Crippen LogP contribution in [0.4, 0.5) is 0 Å². The summed E-state index contributed by atoms with van der Waals surface area (Å²) >= 11 is 0. The Hall–Kier alpha value is -1.75. The molecule has 1 unspecified atom stereocenters. The molecular formula is C12H17NO4. The quantitative estimate of drug-likeness (QED) is 0.805. The Balaban J connectivity index is 3.33. The maximum atomic E-state index is 11.1. The zero-order valence-electron chi connectivity index (χ0n) is 10.2. The van der Waals surface area contributed by atoms with E-state index < -0.39 is 11.9 Å². The molecule has 0 heterocycles. The monoisotopic (exact) mass is 239 g/mol. The van der Waals surface area contributed by atoms with Gasteiger partial charge in [-0.2, -0.15) is 0 Å². The first kappa shape index (κ1) is 13.3. The molecule has 1 atom stereocenters. The molecule has 94 valence electrons. The molecule has 0 spiro atoms. The van der Waals surface area contributed by atoms with Crippen LogP contribution >= 0.6 is 0 Å². The van der Waals surface area contributed by atoms with Gasteiger partial charge in [-0.3, -0.25) is 4.79 Å². The molecule has 17 heavy (non-hydrogen) atoms. The minimum Gasteiger partial charge on any atom is -0.496 e. The lowest BCUT2D eigenvalue weighted by Crippen LogP contribution is -2.22. The van der Waals surface area contributed by atoms with Crippen molar-refractivity contribution in [1.29, 1.82) is 0 Å². The van der Waals surface area contributed by atoms with Crippen molar-refractivity contribution < 1.29 is 19.4 Å². The normalized spacial score (nSPS) is 12.0. The van der Waals surface area contributed by atoms with Crippen LogP contribution in [0.5, 0.6) is 11.5 Å². The van der Waals surface area contributed by atoms with Crippen LogP contribution in [0.1, 0.15) is 17.0 Å². The minimum absolute atomic E-state index is 0.0253. The number of rotatable bonds is 5. The van der Waals surface area contributed by atoms with Gasteiger partial charge in [0.25, 0.3) is 0 Å². The van der Waals surface area contributed by atoms with Crippen LogP contribution in [0.3, 0.4) is 0 Å². The predicted molar refractivity (Wildman–Crippen MR) is 63.7 cm³/mol. The van der Waals surface area contributed by atoms with Crippen molar-refractivity contribution in [2.24, 2.45) is 5.73 Å². The number of methoxy groups -OCH3 is 2. The number of benzene rings is 1. The summed E-state index contributed by atoms with van der Waals surface area (Å²) < 4.78 is 10.4. The van der Waals surface area contributed by atoms with Crippen molar-refractivity contribution >= 4 is 5.97 Å². The second kappa shape index (κ2) is 5.54. The van der Waals surface area contributed by atoms with Gasteiger partial charge in [0.2, 0.25) is 0 Å². The lowest BCUT2D eigenvalue weighted by Gasteiger charge is -2.18. The number of hydrogen-bond donors (Lipinski definition) is 2. The molecule has 0 aromatic heterocycles. The van der Waals surface area contributed by atoms with E-state index in [0.29, 0.717) is 17.1 Å². The number of carbonyl (C=O) groups is 1. The van der Waals surface area contributed by atoms with Crippen LogP contribution in [0.15, 0.2) is 12.1 Å². The van der Waals surface area contributed by atoms with E-state index in [1.54, 1.807) is 19.2 Å². The molecule has 1 aromatic carbocycles. The van der Waals surface area contributed by atoms with Crippen LogP contribution in [0, 0.1) is 6.92 Å². The van der Waals surface area contributed by atoms with Crippen molar-refractivity contribution in [3.63, 3.8) is 0 Å². The number of aliphatic carboxylic acids is 1. The van der Waals surface area contributed by atoms with Crippen LogP contribution < -0.4 is 15.2 Å². The molecule has 0 fully saturated rings. The summed E-state index contributed by atoms with van der Waals surface area (Å²) in [6.07, 6.45) is 0. The number of nitrogens with two attached hydrogens (primary N) is 1. The summed E-state index contributed by atoms with van der Waals surface area (Å²) in [6.45, 7) is 1.84. The highest BCUT2D eigenvalue weighted by Crippen LogP contribution is 2.35. The molecule has 0 amide bonds. The zero-order chi connectivity index (χ0) is 13.0. The SMILES string of the molecule is COc1ccc(C(CN)C(=O)O)c(OC)c1C. The Morgan fingerprint density at radius 1 is 1.41 bits per heavy atom. The van der Waals surface area contributed by atoms with E-state index in [2.05, 4.69) is 0 Å². The van der Waals surface area contributed by atoms with Gasteiger partial charge in [-0.15, -0.1) is 0 Å². The minimum atomic E-state index is -0.963. The van der Waals surface area contributed by atoms with Crippen molar-refractivity contribution in [1.82, 2.24) is 0 Å². The number of hydrogen-bond acceptors (Lipinski definition) is 4. The molecule has 0 aliphatic rings. The lowest BCUT2D eigenvalue weighted by atomic mass is 9.96. The first-order valence-corrected chi connectivity index (χ1v) is 5.21. The maximum Gasteiger partial charge on any atom is 0.312 e. The van der Waals surface area contributed by atoms with Crippen molar-refractivity contribution in [2.75, 3.05) is 20.8 Å². The van der Waals surface area contributed by atoms with Gasteiger partial charge in [0.05, 0.1) is 20.1 Å². The fourth-order valence-electron chi connectivity index (χ4n) is 1.82. The van der Waals surface area contributed by atoms with Gasteiger partial charge < -0.3 is 20.3 Å². The average molecular weight is 239 g/mol. The Labute approximate surface area is 100 Å². The highest BCUT2D eigenvalue weighted by Gasteiger charge is 2.24. The Morgan fingerprint density at radius 2 is 2.06 bits per heavy atom. The lowest BCUT2D eigenvalue weighted by molar-refractivity contribution is -0.138. The third kappa shape index (κ3) is 2.50. The van der Waals surface area contributed by atoms with Gasteiger partial charge in [0.1, 0.15) is 11.5 Å². The van der Waals surface area contributed by atoms with Gasteiger partial charge in [-0.1, -0.05) is 6.07 Å². The first-order chi connectivity index (χ1) is 8.06. The van der Waals surface area contributed by atoms with E-state index in [-0.39, 0.29) is 6.54 Å². The Morgan fingerprint density at radius 3 is 2.47 bits per heavy atom. The van der Waals surface area contributed by atoms with Crippen LogP contribution in [0.2, 0.25) is 0 Å². The largest absolute Gasteiger partial charge is 0.496 e. The molecule has 1 aromatic rings. The summed E-state index contributed by atoms with van der Waals surface area (Å²) in [6, 6.07) is 3.40. The molecule has 0 bridgehead atoms. The molecule has 5 nitrogen and oxygen atoms in total. The second-order valence-corrected chi connectivity index (χ2v) is 3.64. The van der Waals surface area contributed by atoms with E-state index >= 15 is 0 Å². The molecule has 5 heteroatoms. The number of carboxylic acids is 1. The van der Waals surface area contributed by atoms with E-state index in [0.717, 1.165) is 5.56 Å². The third-order valence-electron chi connectivity index (χ3n) is 2.72. The number of ether oxygens (including phenoxy) is 2. The third-order valence-corrected chi connectivity index (χ3v) is 2.72. The van der Waals surface area contributed by atoms with Crippen molar-refractivity contribution in [2.45, 2.75) is 12.8 Å². The molecule has 0 saturated heterocycles. The molecule has 3 N–H and O–H groups in total. The first-order valence-electron chi connectivity index (χ1n) is 5.21. The molecule has 0 aliphatic heterocycles. The standard InChI is InChI=1S/C12H17NO4/c1-7-10(16-2)5-4-8(11(7)17-3)9(6-13)12(14)15/h4-5,9H,6,13H2,1-3H3,(H,14,15). The van der Waals surface area contributed by atoms with E-state index in [1.807, 2.05) is 6.92 Å². The molecule has 0 aliphatic carbocycles. The summed E-state index contributed by atoms with van der Waals surface area (Å²) in [5.41, 5.74) is 6.82. The van der Waals surface area contributed by atoms with E-state index in [4.69, 9.17) is 20.3 Å². The summed E-state index contributed by atoms with van der Waals surface area (Å²) in [7, 11) is 3.06. The summed E-state index contributed by atoms with van der Waals surface area (Å²) in [5.74, 6) is -0.557. The Kier molecular flexibility index (Phi) is 4.34. The van der Waals surface area contributed by atoms with E-state index in [9.17, 15) is 4.79 Å². The van der Waals surface area contributed by atoms with Crippen LogP contribution in [-0.2, 0) is 4.79 Å². The maximum absolute atomic E-state index is 11.1. The Bertz CT molecular complexity index is 417. The number of carboxylic acid groups (broad SMARTS) is 1. The van der Waals surface area contributed by atoms with Crippen LogP contribution in [-0.4, -0.2) is 31.8 Å². The molecule has 0 saturated carbocycles. The topological polar surface area (TPSA) is 81.8 Å². The van der Waals surface area contributed by atoms with Crippen molar-refractivity contribution in [3.05, 3.63) is 23.3 Å². The van der Waals surface area contributed by atoms with Gasteiger partial charge >= 0.3 is 5.97 Å². The molecule has 0 radical (unpaired) electrons. The fraction of sp³-hybridized carbons (Fsp3) is 0.417. The molecule has 1 rings (SSSR count). The van der Waals surface area contributed by atoms with Gasteiger partial charge in [0, 0.05) is 17.7 Å². The fourth-order valence-corrected chi connectivity index (χ4v) is 1.82. The van der Waals surface area contributed by atoms with Gasteiger partial charge in [0.15, 0.2) is 0 Å². The van der Waals surface area contributed by atoms with Crippen LogP contribution in [0.25, 0.3) is 0 Å². The van der Waals surface area contributed by atoms with Gasteiger partial charge in [-0.05, 0) is 13.0 Å². The molecular weight excluding hydrogens is 222 g/mol. The predicted octanol–water partition coefficient (Wildman–Crippen LogP) is 1.14. The highest BCUT2D eigenvalue weighted by atomic mass is 16.5. The second-order valence-electron chi connectivity index (χ2n) is 3.64. The zero-order valence-corrected chi connectivity index (χ0v) is 10.2. The smallest absolute Gasteiger partial charge is 0.312 e. The van der Waals surface area contributed by atoms with Crippen molar-refractivity contribution in [3.8, 4) is 11.5 Å². The van der Waals surface area contributed by atoms with Gasteiger partial charge in [-0.25, -0.2) is 0 Å².